The number of hydrogen-bond donors (Lipinski definition) is 1. The van der Waals surface area contributed by atoms with Crippen molar-refractivity contribution in [3.05, 3.63) is 48.3 Å². The van der Waals surface area contributed by atoms with Crippen molar-refractivity contribution in [3.8, 4) is 17.0 Å². The van der Waals surface area contributed by atoms with Gasteiger partial charge in [-0.3, -0.25) is 0 Å². The Morgan fingerprint density at radius 3 is 2.53 bits per heavy atom. The van der Waals surface area contributed by atoms with Crippen LogP contribution in [0.1, 0.15) is 5.69 Å². The van der Waals surface area contributed by atoms with Gasteiger partial charge in [0.15, 0.2) is 5.65 Å². The molecule has 0 atom stereocenters. The lowest BCUT2D eigenvalue weighted by Gasteiger charge is -2.02. The van der Waals surface area contributed by atoms with Gasteiger partial charge < -0.3 is 14.9 Å². The van der Waals surface area contributed by atoms with Gasteiger partial charge in [0.2, 0.25) is 0 Å². The second-order valence-electron chi connectivity index (χ2n) is 4.43. The van der Waals surface area contributed by atoms with Gasteiger partial charge >= 0.3 is 0 Å². The average Bonchev–Trinajstić information content (AvgIpc) is 2.78. The number of aryl methyl sites for hydroxylation is 1. The Morgan fingerprint density at radius 1 is 1.16 bits per heavy atom. The highest BCUT2D eigenvalue weighted by atomic mass is 16.5. The standard InChI is InChI=1S/C15H15N3O/c1-10-14(11-5-7-12(19-2)8-6-11)17-15-13(16)4-3-9-18(10)15/h3-9H,16H2,1-2H3. The topological polar surface area (TPSA) is 52.5 Å². The van der Waals surface area contributed by atoms with Crippen LogP contribution in [0, 0.1) is 6.92 Å². The van der Waals surface area contributed by atoms with Crippen molar-refractivity contribution in [3.63, 3.8) is 0 Å². The summed E-state index contributed by atoms with van der Waals surface area (Å²) < 4.78 is 7.18. The number of anilines is 1. The second kappa shape index (κ2) is 4.31. The van der Waals surface area contributed by atoms with E-state index >= 15 is 0 Å². The third-order valence-corrected chi connectivity index (χ3v) is 3.28. The predicted octanol–water partition coefficient (Wildman–Crippen LogP) is 2.90. The van der Waals surface area contributed by atoms with Gasteiger partial charge in [-0.1, -0.05) is 0 Å². The molecule has 4 nitrogen and oxygen atoms in total. The molecule has 0 saturated heterocycles. The minimum atomic E-state index is 0.686. The molecule has 2 aromatic heterocycles. The van der Waals surface area contributed by atoms with E-state index in [-0.39, 0.29) is 0 Å². The first kappa shape index (κ1) is 11.6. The Bertz CT molecular complexity index is 729. The first-order valence-corrected chi connectivity index (χ1v) is 6.08. The normalized spacial score (nSPS) is 10.8. The molecule has 0 bridgehead atoms. The van der Waals surface area contributed by atoms with E-state index in [4.69, 9.17) is 10.5 Å². The SMILES string of the molecule is COc1ccc(-c2nc3c(N)cccn3c2C)cc1. The molecular weight excluding hydrogens is 238 g/mol. The van der Waals surface area contributed by atoms with Gasteiger partial charge in [0.25, 0.3) is 0 Å². The quantitative estimate of drug-likeness (QED) is 0.764. The van der Waals surface area contributed by atoms with Crippen molar-refractivity contribution < 1.29 is 4.74 Å². The van der Waals surface area contributed by atoms with E-state index in [0.29, 0.717) is 5.69 Å². The summed E-state index contributed by atoms with van der Waals surface area (Å²) in [6, 6.07) is 11.7. The summed E-state index contributed by atoms with van der Waals surface area (Å²) in [6.07, 6.45) is 1.97. The second-order valence-corrected chi connectivity index (χ2v) is 4.43. The Kier molecular flexibility index (Phi) is 2.63. The van der Waals surface area contributed by atoms with Crippen LogP contribution in [0.15, 0.2) is 42.6 Å². The third kappa shape index (κ3) is 1.81. The zero-order valence-electron chi connectivity index (χ0n) is 10.9. The molecular formula is C15H15N3O. The molecule has 1 aromatic carbocycles. The molecule has 0 unspecified atom stereocenters. The summed E-state index contributed by atoms with van der Waals surface area (Å²) in [5, 5.41) is 0. The van der Waals surface area contributed by atoms with Crippen LogP contribution in [0.2, 0.25) is 0 Å². The number of benzene rings is 1. The highest BCUT2D eigenvalue weighted by Crippen LogP contribution is 2.27. The van der Waals surface area contributed by atoms with Crippen LogP contribution < -0.4 is 10.5 Å². The fourth-order valence-corrected chi connectivity index (χ4v) is 2.23. The highest BCUT2D eigenvalue weighted by molar-refractivity contribution is 5.73. The molecule has 0 saturated carbocycles. The number of nitrogens with two attached hydrogens (primary N) is 1. The maximum absolute atomic E-state index is 5.96. The van der Waals surface area contributed by atoms with E-state index < -0.39 is 0 Å². The number of pyridine rings is 1. The summed E-state index contributed by atoms with van der Waals surface area (Å²) in [7, 11) is 1.66. The molecule has 0 radical (unpaired) electrons. The third-order valence-electron chi connectivity index (χ3n) is 3.28. The summed E-state index contributed by atoms with van der Waals surface area (Å²) in [5.41, 5.74) is 10.5. The molecule has 0 aliphatic carbocycles. The number of methoxy groups -OCH3 is 1. The van der Waals surface area contributed by atoms with E-state index in [1.54, 1.807) is 7.11 Å². The van der Waals surface area contributed by atoms with Crippen LogP contribution in [-0.2, 0) is 0 Å². The van der Waals surface area contributed by atoms with Crippen LogP contribution in [0.5, 0.6) is 5.75 Å². The fraction of sp³-hybridized carbons (Fsp3) is 0.133. The van der Waals surface area contributed by atoms with Crippen molar-refractivity contribution in [1.29, 1.82) is 0 Å². The maximum Gasteiger partial charge on any atom is 0.160 e. The number of fused-ring (bicyclic) bond motifs is 1. The fourth-order valence-electron chi connectivity index (χ4n) is 2.23. The number of nitrogen functional groups attached to an aromatic ring is 1. The summed E-state index contributed by atoms with van der Waals surface area (Å²) in [4.78, 5) is 4.63. The Morgan fingerprint density at radius 2 is 1.89 bits per heavy atom. The predicted molar refractivity (Wildman–Crippen MR) is 76.3 cm³/mol. The molecule has 0 spiro atoms. The number of aromatic nitrogens is 2. The molecule has 3 aromatic rings. The van der Waals surface area contributed by atoms with Crippen molar-refractivity contribution in [1.82, 2.24) is 9.38 Å². The molecule has 3 rings (SSSR count). The van der Waals surface area contributed by atoms with Crippen LogP contribution >= 0.6 is 0 Å². The molecule has 0 aliphatic rings. The largest absolute Gasteiger partial charge is 0.497 e. The maximum atomic E-state index is 5.96. The molecule has 4 heteroatoms. The van der Waals surface area contributed by atoms with E-state index in [2.05, 4.69) is 4.98 Å². The number of hydrogen-bond acceptors (Lipinski definition) is 3. The zero-order chi connectivity index (χ0) is 13.4. The highest BCUT2D eigenvalue weighted by Gasteiger charge is 2.11. The minimum absolute atomic E-state index is 0.686. The van der Waals surface area contributed by atoms with Crippen LogP contribution in [0.3, 0.4) is 0 Å². The van der Waals surface area contributed by atoms with Gasteiger partial charge in [-0.05, 0) is 43.3 Å². The molecule has 0 fully saturated rings. The van der Waals surface area contributed by atoms with E-state index in [0.717, 1.165) is 28.3 Å². The lowest BCUT2D eigenvalue weighted by molar-refractivity contribution is 0.415. The molecule has 2 heterocycles. The lowest BCUT2D eigenvalue weighted by Crippen LogP contribution is -1.92. The Hall–Kier alpha value is -2.49. The smallest absolute Gasteiger partial charge is 0.160 e. The van der Waals surface area contributed by atoms with Crippen LogP contribution in [0.25, 0.3) is 16.9 Å². The van der Waals surface area contributed by atoms with Crippen molar-refractivity contribution >= 4 is 11.3 Å². The number of ether oxygens (including phenoxy) is 1. The summed E-state index contributed by atoms with van der Waals surface area (Å²) >= 11 is 0. The van der Waals surface area contributed by atoms with E-state index in [1.807, 2.05) is 53.9 Å². The van der Waals surface area contributed by atoms with Crippen LogP contribution in [-0.4, -0.2) is 16.5 Å². The molecule has 0 aliphatic heterocycles. The van der Waals surface area contributed by atoms with Crippen LogP contribution in [0.4, 0.5) is 5.69 Å². The zero-order valence-corrected chi connectivity index (χ0v) is 10.9. The first-order valence-electron chi connectivity index (χ1n) is 6.08. The van der Waals surface area contributed by atoms with Gasteiger partial charge in [-0.25, -0.2) is 4.98 Å². The van der Waals surface area contributed by atoms with E-state index in [9.17, 15) is 0 Å². The van der Waals surface area contributed by atoms with Crippen molar-refractivity contribution in [2.75, 3.05) is 12.8 Å². The van der Waals surface area contributed by atoms with Gasteiger partial charge in [0.05, 0.1) is 18.5 Å². The number of rotatable bonds is 2. The van der Waals surface area contributed by atoms with Gasteiger partial charge in [0, 0.05) is 17.5 Å². The monoisotopic (exact) mass is 253 g/mol. The average molecular weight is 253 g/mol. The minimum Gasteiger partial charge on any atom is -0.497 e. The number of nitrogens with zero attached hydrogens (tertiary/aromatic N) is 2. The molecule has 19 heavy (non-hydrogen) atoms. The lowest BCUT2D eigenvalue weighted by atomic mass is 10.1. The van der Waals surface area contributed by atoms with Crippen molar-refractivity contribution in [2.24, 2.45) is 0 Å². The van der Waals surface area contributed by atoms with Gasteiger partial charge in [-0.2, -0.15) is 0 Å². The Labute approximate surface area is 111 Å². The molecule has 0 amide bonds. The summed E-state index contributed by atoms with van der Waals surface area (Å²) in [5.74, 6) is 0.838. The molecule has 2 N–H and O–H groups in total. The summed E-state index contributed by atoms with van der Waals surface area (Å²) in [6.45, 7) is 2.04. The number of imidazole rings is 1. The molecule has 96 valence electrons. The van der Waals surface area contributed by atoms with Gasteiger partial charge in [0.1, 0.15) is 5.75 Å². The van der Waals surface area contributed by atoms with Gasteiger partial charge in [-0.15, -0.1) is 0 Å². The van der Waals surface area contributed by atoms with E-state index in [1.165, 1.54) is 0 Å². The Balaban J connectivity index is 2.19. The first-order chi connectivity index (χ1) is 9.20. The van der Waals surface area contributed by atoms with Crippen molar-refractivity contribution in [2.45, 2.75) is 6.92 Å².